The summed E-state index contributed by atoms with van der Waals surface area (Å²) < 4.78 is 5.34. The average molecular weight is 299 g/mol. The predicted octanol–water partition coefficient (Wildman–Crippen LogP) is 1.59. The SMILES string of the molecule is OCc1cccc(CCc2cnc(N3CCOCC3)nc2)c1. The third kappa shape index (κ3) is 3.81. The van der Waals surface area contributed by atoms with Crippen molar-refractivity contribution in [2.24, 2.45) is 0 Å². The van der Waals surface area contributed by atoms with Crippen LogP contribution in [0.3, 0.4) is 0 Å². The van der Waals surface area contributed by atoms with Gasteiger partial charge in [0.2, 0.25) is 5.95 Å². The average Bonchev–Trinajstić information content (AvgIpc) is 2.61. The van der Waals surface area contributed by atoms with E-state index in [4.69, 9.17) is 9.84 Å². The minimum absolute atomic E-state index is 0.0885. The van der Waals surface area contributed by atoms with Gasteiger partial charge in [0.05, 0.1) is 19.8 Å². The summed E-state index contributed by atoms with van der Waals surface area (Å²) in [7, 11) is 0. The van der Waals surface area contributed by atoms with Crippen molar-refractivity contribution in [3.05, 3.63) is 53.3 Å². The van der Waals surface area contributed by atoms with Crippen molar-refractivity contribution in [3.63, 3.8) is 0 Å². The van der Waals surface area contributed by atoms with Crippen LogP contribution in [0.15, 0.2) is 36.7 Å². The first-order valence-electron chi connectivity index (χ1n) is 7.67. The van der Waals surface area contributed by atoms with Crippen LogP contribution < -0.4 is 4.90 Å². The maximum Gasteiger partial charge on any atom is 0.225 e. The molecule has 1 aromatic heterocycles. The van der Waals surface area contributed by atoms with Gasteiger partial charge in [0.15, 0.2) is 0 Å². The van der Waals surface area contributed by atoms with Crippen molar-refractivity contribution in [3.8, 4) is 0 Å². The summed E-state index contributed by atoms with van der Waals surface area (Å²) in [6, 6.07) is 8.05. The molecule has 0 radical (unpaired) electrons. The van der Waals surface area contributed by atoms with Crippen LogP contribution in [0.1, 0.15) is 16.7 Å². The fraction of sp³-hybridized carbons (Fsp3) is 0.412. The largest absolute Gasteiger partial charge is 0.392 e. The van der Waals surface area contributed by atoms with Crippen LogP contribution in [0.5, 0.6) is 0 Å². The van der Waals surface area contributed by atoms with Crippen molar-refractivity contribution >= 4 is 5.95 Å². The number of aryl methyl sites for hydroxylation is 2. The molecule has 1 saturated heterocycles. The smallest absolute Gasteiger partial charge is 0.225 e. The van der Waals surface area contributed by atoms with Gasteiger partial charge in [-0.25, -0.2) is 9.97 Å². The molecule has 1 fully saturated rings. The zero-order valence-electron chi connectivity index (χ0n) is 12.6. The fourth-order valence-electron chi connectivity index (χ4n) is 2.58. The summed E-state index contributed by atoms with van der Waals surface area (Å²) in [5, 5.41) is 9.17. The molecule has 0 bridgehead atoms. The molecule has 3 rings (SSSR count). The molecule has 116 valence electrons. The van der Waals surface area contributed by atoms with Gasteiger partial charge < -0.3 is 14.7 Å². The highest BCUT2D eigenvalue weighted by Crippen LogP contribution is 2.12. The van der Waals surface area contributed by atoms with Crippen LogP contribution in [-0.2, 0) is 24.2 Å². The highest BCUT2D eigenvalue weighted by atomic mass is 16.5. The fourth-order valence-corrected chi connectivity index (χ4v) is 2.58. The first-order chi connectivity index (χ1) is 10.8. The topological polar surface area (TPSA) is 58.5 Å². The molecule has 1 aliphatic heterocycles. The van der Waals surface area contributed by atoms with Crippen LogP contribution in [0, 0.1) is 0 Å². The Morgan fingerprint density at radius 2 is 1.68 bits per heavy atom. The monoisotopic (exact) mass is 299 g/mol. The molecule has 2 aromatic rings. The van der Waals surface area contributed by atoms with E-state index in [2.05, 4.69) is 20.9 Å². The molecule has 0 saturated carbocycles. The first kappa shape index (κ1) is 14.9. The maximum absolute atomic E-state index is 9.17. The molecule has 1 N–H and O–H groups in total. The second-order valence-corrected chi connectivity index (χ2v) is 5.47. The van der Waals surface area contributed by atoms with E-state index in [9.17, 15) is 0 Å². The highest BCUT2D eigenvalue weighted by molar-refractivity contribution is 5.30. The number of benzene rings is 1. The van der Waals surface area contributed by atoms with Crippen molar-refractivity contribution in [2.75, 3.05) is 31.2 Å². The Morgan fingerprint density at radius 3 is 2.41 bits per heavy atom. The maximum atomic E-state index is 9.17. The normalized spacial score (nSPS) is 15.0. The number of rotatable bonds is 5. The quantitative estimate of drug-likeness (QED) is 0.908. The Kier molecular flexibility index (Phi) is 4.98. The van der Waals surface area contributed by atoms with Gasteiger partial charge in [0, 0.05) is 25.5 Å². The molecule has 1 aliphatic rings. The summed E-state index contributed by atoms with van der Waals surface area (Å²) in [5.74, 6) is 0.786. The molecular formula is C17H21N3O2. The number of aliphatic hydroxyl groups is 1. The lowest BCUT2D eigenvalue weighted by molar-refractivity contribution is 0.122. The van der Waals surface area contributed by atoms with E-state index in [1.807, 2.05) is 30.6 Å². The van der Waals surface area contributed by atoms with Crippen LogP contribution >= 0.6 is 0 Å². The van der Waals surface area contributed by atoms with Crippen molar-refractivity contribution < 1.29 is 9.84 Å². The van der Waals surface area contributed by atoms with E-state index in [0.29, 0.717) is 0 Å². The van der Waals surface area contributed by atoms with E-state index < -0.39 is 0 Å². The number of nitrogens with zero attached hydrogens (tertiary/aromatic N) is 3. The number of anilines is 1. The lowest BCUT2D eigenvalue weighted by Crippen LogP contribution is -2.37. The van der Waals surface area contributed by atoms with Gasteiger partial charge in [0.25, 0.3) is 0 Å². The number of aromatic nitrogens is 2. The number of hydrogen-bond donors (Lipinski definition) is 1. The van der Waals surface area contributed by atoms with Crippen molar-refractivity contribution in [2.45, 2.75) is 19.4 Å². The standard InChI is InChI=1S/C17H21N3O2/c21-13-15-3-1-2-14(10-15)4-5-16-11-18-17(19-12-16)20-6-8-22-9-7-20/h1-3,10-12,21H,4-9,13H2. The minimum Gasteiger partial charge on any atom is -0.392 e. The molecule has 22 heavy (non-hydrogen) atoms. The lowest BCUT2D eigenvalue weighted by Gasteiger charge is -2.26. The van der Waals surface area contributed by atoms with E-state index in [-0.39, 0.29) is 6.61 Å². The van der Waals surface area contributed by atoms with Gasteiger partial charge in [0.1, 0.15) is 0 Å². The molecule has 0 amide bonds. The first-order valence-corrected chi connectivity index (χ1v) is 7.67. The molecule has 0 atom stereocenters. The van der Waals surface area contributed by atoms with Crippen molar-refractivity contribution in [1.82, 2.24) is 9.97 Å². The third-order valence-electron chi connectivity index (χ3n) is 3.86. The number of aliphatic hydroxyl groups excluding tert-OH is 1. The number of hydrogen-bond acceptors (Lipinski definition) is 5. The van der Waals surface area contributed by atoms with Gasteiger partial charge >= 0.3 is 0 Å². The lowest BCUT2D eigenvalue weighted by atomic mass is 10.0. The summed E-state index contributed by atoms with van der Waals surface area (Å²) in [6.45, 7) is 3.28. The van der Waals surface area contributed by atoms with Crippen LogP contribution in [0.25, 0.3) is 0 Å². The summed E-state index contributed by atoms with van der Waals surface area (Å²) in [4.78, 5) is 11.1. The number of morpholine rings is 1. The Bertz CT molecular complexity index is 595. The highest BCUT2D eigenvalue weighted by Gasteiger charge is 2.13. The molecule has 0 spiro atoms. The van der Waals surface area contributed by atoms with E-state index >= 15 is 0 Å². The van der Waals surface area contributed by atoms with Gasteiger partial charge in [-0.1, -0.05) is 24.3 Å². The van der Waals surface area contributed by atoms with Gasteiger partial charge in [-0.3, -0.25) is 0 Å². The second-order valence-electron chi connectivity index (χ2n) is 5.47. The molecule has 0 aliphatic carbocycles. The van der Waals surface area contributed by atoms with E-state index in [1.54, 1.807) is 0 Å². The summed E-state index contributed by atoms with van der Waals surface area (Å²) in [6.07, 6.45) is 5.65. The van der Waals surface area contributed by atoms with E-state index in [1.165, 1.54) is 5.56 Å². The van der Waals surface area contributed by atoms with Gasteiger partial charge in [-0.15, -0.1) is 0 Å². The number of ether oxygens (including phenoxy) is 1. The van der Waals surface area contributed by atoms with Gasteiger partial charge in [-0.2, -0.15) is 0 Å². The molecule has 0 unspecified atom stereocenters. The summed E-state index contributed by atoms with van der Waals surface area (Å²) >= 11 is 0. The molecule has 2 heterocycles. The van der Waals surface area contributed by atoms with Crippen LogP contribution in [0.2, 0.25) is 0 Å². The zero-order chi connectivity index (χ0) is 15.2. The molecule has 1 aromatic carbocycles. The minimum atomic E-state index is 0.0885. The molecule has 5 heteroatoms. The Hall–Kier alpha value is -1.98. The second kappa shape index (κ2) is 7.33. The third-order valence-corrected chi connectivity index (χ3v) is 3.86. The Morgan fingerprint density at radius 1 is 1.00 bits per heavy atom. The Balaban J connectivity index is 1.58. The van der Waals surface area contributed by atoms with Crippen LogP contribution in [-0.4, -0.2) is 41.4 Å². The van der Waals surface area contributed by atoms with Crippen molar-refractivity contribution in [1.29, 1.82) is 0 Å². The van der Waals surface area contributed by atoms with Crippen LogP contribution in [0.4, 0.5) is 5.95 Å². The summed E-state index contributed by atoms with van der Waals surface area (Å²) in [5.41, 5.74) is 3.31. The molecule has 5 nitrogen and oxygen atoms in total. The predicted molar refractivity (Wildman–Crippen MR) is 84.8 cm³/mol. The molecular weight excluding hydrogens is 278 g/mol. The Labute approximate surface area is 130 Å². The van der Waals surface area contributed by atoms with Gasteiger partial charge in [-0.05, 0) is 29.5 Å². The van der Waals surface area contributed by atoms with E-state index in [0.717, 1.165) is 56.2 Å². The zero-order valence-corrected chi connectivity index (χ0v) is 12.6.